The molecule has 0 aromatic rings. The Bertz CT molecular complexity index is 264. The van der Waals surface area contributed by atoms with Crippen LogP contribution >= 0.6 is 0 Å². The van der Waals surface area contributed by atoms with Crippen LogP contribution in [0.4, 0.5) is 4.79 Å². The van der Waals surface area contributed by atoms with E-state index < -0.39 is 18.1 Å². The van der Waals surface area contributed by atoms with Crippen molar-refractivity contribution in [2.75, 3.05) is 13.2 Å². The highest BCUT2D eigenvalue weighted by molar-refractivity contribution is 5.81. The van der Waals surface area contributed by atoms with Crippen molar-refractivity contribution in [1.29, 1.82) is 0 Å². The van der Waals surface area contributed by atoms with Crippen LogP contribution in [0.1, 0.15) is 41.0 Å². The number of alkyl carbamates (subject to hydrolysis) is 1. The summed E-state index contributed by atoms with van der Waals surface area (Å²) in [5, 5.41) is 2.54. The molecular formula is C13H25NO4. The van der Waals surface area contributed by atoms with Gasteiger partial charge in [0.15, 0.2) is 0 Å². The Balaban J connectivity index is 4.29. The van der Waals surface area contributed by atoms with Gasteiger partial charge in [-0.2, -0.15) is 0 Å². The number of nitrogens with one attached hydrogen (secondary N) is 1. The smallest absolute Gasteiger partial charge is 0.407 e. The Labute approximate surface area is 109 Å². The highest BCUT2D eigenvalue weighted by Crippen LogP contribution is 2.06. The fourth-order valence-electron chi connectivity index (χ4n) is 1.20. The fraction of sp³-hybridized carbons (Fsp3) is 0.846. The number of hydrogen-bond acceptors (Lipinski definition) is 4. The number of amides is 1. The van der Waals surface area contributed by atoms with E-state index in [2.05, 4.69) is 5.32 Å². The molecule has 0 fully saturated rings. The lowest BCUT2D eigenvalue weighted by Gasteiger charge is -2.21. The van der Waals surface area contributed by atoms with Gasteiger partial charge in [0.2, 0.25) is 0 Å². The zero-order chi connectivity index (χ0) is 14.1. The van der Waals surface area contributed by atoms with Gasteiger partial charge in [0.1, 0.15) is 6.04 Å². The minimum absolute atomic E-state index is 0.0427. The van der Waals surface area contributed by atoms with Crippen molar-refractivity contribution in [3.8, 4) is 0 Å². The van der Waals surface area contributed by atoms with Gasteiger partial charge in [-0.15, -0.1) is 0 Å². The third kappa shape index (κ3) is 7.14. The highest BCUT2D eigenvalue weighted by Gasteiger charge is 2.26. The molecule has 0 spiro atoms. The predicted molar refractivity (Wildman–Crippen MR) is 69.2 cm³/mol. The maximum absolute atomic E-state index is 11.8. The third-order valence-electron chi connectivity index (χ3n) is 2.19. The summed E-state index contributed by atoms with van der Waals surface area (Å²) in [6, 6.07) is -0.659. The van der Waals surface area contributed by atoms with E-state index in [-0.39, 0.29) is 11.8 Å². The van der Waals surface area contributed by atoms with Crippen LogP contribution in [0.2, 0.25) is 0 Å². The molecule has 0 aliphatic carbocycles. The second-order valence-corrected chi connectivity index (χ2v) is 5.03. The van der Waals surface area contributed by atoms with Crippen LogP contribution in [0.5, 0.6) is 0 Å². The molecule has 1 atom stereocenters. The lowest BCUT2D eigenvalue weighted by Crippen LogP contribution is -2.45. The zero-order valence-electron chi connectivity index (χ0n) is 12.0. The Morgan fingerprint density at radius 3 is 2.17 bits per heavy atom. The lowest BCUT2D eigenvalue weighted by molar-refractivity contribution is -0.148. The van der Waals surface area contributed by atoms with E-state index in [1.807, 2.05) is 34.6 Å². The van der Waals surface area contributed by atoms with Gasteiger partial charge in [0.05, 0.1) is 13.2 Å². The average molecular weight is 259 g/mol. The SMILES string of the molecule is CCCOC(=O)NC(C(=O)OCC(C)C)C(C)C. The van der Waals surface area contributed by atoms with Crippen molar-refractivity contribution in [3.05, 3.63) is 0 Å². The van der Waals surface area contributed by atoms with E-state index in [4.69, 9.17) is 9.47 Å². The van der Waals surface area contributed by atoms with E-state index in [9.17, 15) is 9.59 Å². The van der Waals surface area contributed by atoms with Crippen LogP contribution < -0.4 is 5.32 Å². The number of carbonyl (C=O) groups excluding carboxylic acids is 2. The Hall–Kier alpha value is -1.26. The molecule has 0 aromatic carbocycles. The second-order valence-electron chi connectivity index (χ2n) is 5.03. The number of esters is 1. The minimum atomic E-state index is -0.659. The highest BCUT2D eigenvalue weighted by atomic mass is 16.6. The first-order valence-corrected chi connectivity index (χ1v) is 6.48. The lowest BCUT2D eigenvalue weighted by atomic mass is 10.1. The first-order chi connectivity index (χ1) is 8.38. The first kappa shape index (κ1) is 16.7. The van der Waals surface area contributed by atoms with E-state index >= 15 is 0 Å². The van der Waals surface area contributed by atoms with Crippen LogP contribution in [-0.4, -0.2) is 31.3 Å². The molecule has 1 amide bonds. The number of carbonyl (C=O) groups is 2. The van der Waals surface area contributed by atoms with Gasteiger partial charge < -0.3 is 14.8 Å². The summed E-state index contributed by atoms with van der Waals surface area (Å²) in [6.45, 7) is 10.2. The summed E-state index contributed by atoms with van der Waals surface area (Å²) in [7, 11) is 0. The van der Waals surface area contributed by atoms with Crippen LogP contribution in [0, 0.1) is 11.8 Å². The van der Waals surface area contributed by atoms with Gasteiger partial charge in [-0.05, 0) is 18.3 Å². The summed E-state index contributed by atoms with van der Waals surface area (Å²) in [6.07, 6.45) is 0.175. The van der Waals surface area contributed by atoms with Gasteiger partial charge >= 0.3 is 12.1 Å². The van der Waals surface area contributed by atoms with Gasteiger partial charge in [-0.3, -0.25) is 0 Å². The largest absolute Gasteiger partial charge is 0.464 e. The molecule has 1 N–H and O–H groups in total. The molecule has 0 saturated heterocycles. The van der Waals surface area contributed by atoms with Gasteiger partial charge in [0, 0.05) is 0 Å². The third-order valence-corrected chi connectivity index (χ3v) is 2.19. The van der Waals surface area contributed by atoms with Gasteiger partial charge in [-0.1, -0.05) is 34.6 Å². The minimum Gasteiger partial charge on any atom is -0.464 e. The zero-order valence-corrected chi connectivity index (χ0v) is 12.0. The van der Waals surface area contributed by atoms with Crippen molar-refractivity contribution < 1.29 is 19.1 Å². The molecule has 0 radical (unpaired) electrons. The van der Waals surface area contributed by atoms with Gasteiger partial charge in [0.25, 0.3) is 0 Å². The van der Waals surface area contributed by atoms with Crippen molar-refractivity contribution in [2.45, 2.75) is 47.1 Å². The van der Waals surface area contributed by atoms with Crippen molar-refractivity contribution in [2.24, 2.45) is 11.8 Å². The van der Waals surface area contributed by atoms with E-state index in [1.165, 1.54) is 0 Å². The maximum atomic E-state index is 11.8. The number of hydrogen-bond donors (Lipinski definition) is 1. The summed E-state index contributed by atoms with van der Waals surface area (Å²) < 4.78 is 10.0. The van der Waals surface area contributed by atoms with Crippen LogP contribution in [0.3, 0.4) is 0 Å². The topological polar surface area (TPSA) is 64.6 Å². The molecule has 0 aliphatic rings. The first-order valence-electron chi connectivity index (χ1n) is 6.48. The molecule has 1 unspecified atom stereocenters. The van der Waals surface area contributed by atoms with E-state index in [0.717, 1.165) is 6.42 Å². The monoisotopic (exact) mass is 259 g/mol. The maximum Gasteiger partial charge on any atom is 0.407 e. The molecule has 0 aromatic heterocycles. The predicted octanol–water partition coefficient (Wildman–Crippen LogP) is 2.35. The molecule has 5 nitrogen and oxygen atoms in total. The molecule has 0 bridgehead atoms. The number of rotatable bonds is 7. The van der Waals surface area contributed by atoms with Crippen molar-refractivity contribution >= 4 is 12.1 Å². The normalized spacial score (nSPS) is 12.4. The standard InChI is InChI=1S/C13H25NO4/c1-6-7-17-13(16)14-11(10(4)5)12(15)18-8-9(2)3/h9-11H,6-8H2,1-5H3,(H,14,16). The van der Waals surface area contributed by atoms with Crippen LogP contribution in [-0.2, 0) is 14.3 Å². The van der Waals surface area contributed by atoms with Crippen LogP contribution in [0.15, 0.2) is 0 Å². The fourth-order valence-corrected chi connectivity index (χ4v) is 1.20. The molecule has 106 valence electrons. The summed E-state index contributed by atoms with van der Waals surface area (Å²) in [5.41, 5.74) is 0. The molecule has 18 heavy (non-hydrogen) atoms. The van der Waals surface area contributed by atoms with Crippen molar-refractivity contribution in [1.82, 2.24) is 5.32 Å². The van der Waals surface area contributed by atoms with E-state index in [0.29, 0.717) is 13.2 Å². The molecule has 5 heteroatoms. The molecular weight excluding hydrogens is 234 g/mol. The van der Waals surface area contributed by atoms with Crippen molar-refractivity contribution in [3.63, 3.8) is 0 Å². The summed E-state index contributed by atoms with van der Waals surface area (Å²) >= 11 is 0. The van der Waals surface area contributed by atoms with Crippen LogP contribution in [0.25, 0.3) is 0 Å². The average Bonchev–Trinajstić information content (AvgIpc) is 2.29. The molecule has 0 heterocycles. The quantitative estimate of drug-likeness (QED) is 0.713. The molecule has 0 aliphatic heterocycles. The molecule has 0 saturated carbocycles. The Kier molecular flexibility index (Phi) is 8.16. The Morgan fingerprint density at radius 1 is 1.11 bits per heavy atom. The Morgan fingerprint density at radius 2 is 1.72 bits per heavy atom. The summed E-state index contributed by atoms with van der Waals surface area (Å²) in [4.78, 5) is 23.2. The number of ether oxygens (including phenoxy) is 2. The second kappa shape index (κ2) is 8.78. The van der Waals surface area contributed by atoms with Gasteiger partial charge in [-0.25, -0.2) is 9.59 Å². The molecule has 0 rings (SSSR count). The summed E-state index contributed by atoms with van der Waals surface area (Å²) in [5.74, 6) is -0.181. The van der Waals surface area contributed by atoms with E-state index in [1.54, 1.807) is 0 Å².